The molecular weight excluding hydrogens is 289 g/mol. The number of halogens is 3. The van der Waals surface area contributed by atoms with Crippen LogP contribution in [0.5, 0.6) is 0 Å². The number of nitrogens with one attached hydrogen (secondary N) is 2. The predicted molar refractivity (Wildman–Crippen MR) is 68.6 cm³/mol. The number of aliphatic carboxylic acids is 1. The van der Waals surface area contributed by atoms with Gasteiger partial charge in [-0.25, -0.2) is 9.59 Å². The highest BCUT2D eigenvalue weighted by atomic mass is 19.4. The molecule has 0 bridgehead atoms. The number of carboxylic acid groups (broad SMARTS) is 1. The van der Waals surface area contributed by atoms with Gasteiger partial charge in [0.25, 0.3) is 0 Å². The fraction of sp³-hybridized carbons (Fsp3) is 0.385. The Balaban J connectivity index is 2.67. The highest BCUT2D eigenvalue weighted by Crippen LogP contribution is 2.30. The molecule has 0 aliphatic heterocycles. The number of hydrogen-bond acceptors (Lipinski definition) is 2. The largest absolute Gasteiger partial charge is 0.479 e. The summed E-state index contributed by atoms with van der Waals surface area (Å²) in [6, 6.07) is 5.77. The summed E-state index contributed by atoms with van der Waals surface area (Å²) in [5.41, 5.74) is -1.66. The number of aryl methyl sites for hydroxylation is 1. The molecule has 0 saturated carbocycles. The third kappa shape index (κ3) is 4.11. The van der Waals surface area contributed by atoms with Crippen molar-refractivity contribution in [1.29, 1.82) is 0 Å². The van der Waals surface area contributed by atoms with Gasteiger partial charge in [0, 0.05) is 6.54 Å². The Morgan fingerprint density at radius 3 is 2.14 bits per heavy atom. The molecule has 0 radical (unpaired) electrons. The summed E-state index contributed by atoms with van der Waals surface area (Å²) in [6.45, 7) is 2.24. The highest BCUT2D eigenvalue weighted by molar-refractivity contribution is 5.86. The number of urea groups is 1. The van der Waals surface area contributed by atoms with Crippen molar-refractivity contribution in [3.05, 3.63) is 35.4 Å². The molecule has 0 aliphatic carbocycles. The van der Waals surface area contributed by atoms with Gasteiger partial charge in [0.15, 0.2) is 0 Å². The average Bonchev–Trinajstić information content (AvgIpc) is 2.36. The number of carboxylic acids is 1. The number of carbonyl (C=O) groups excluding carboxylic acids is 1. The molecule has 0 aliphatic rings. The molecule has 116 valence electrons. The van der Waals surface area contributed by atoms with Crippen LogP contribution in [0, 0.1) is 6.92 Å². The zero-order valence-corrected chi connectivity index (χ0v) is 11.4. The van der Waals surface area contributed by atoms with Crippen molar-refractivity contribution in [2.45, 2.75) is 32.1 Å². The van der Waals surface area contributed by atoms with Crippen LogP contribution in [0.3, 0.4) is 0 Å². The molecule has 2 amide bonds. The second kappa shape index (κ2) is 6.02. The summed E-state index contributed by atoms with van der Waals surface area (Å²) in [4.78, 5) is 22.2. The van der Waals surface area contributed by atoms with E-state index in [4.69, 9.17) is 5.11 Å². The predicted octanol–water partition coefficient (Wildman–Crippen LogP) is 2.20. The molecule has 0 spiro atoms. The molecule has 1 aromatic rings. The first-order valence-corrected chi connectivity index (χ1v) is 5.98. The van der Waals surface area contributed by atoms with E-state index in [1.807, 2.05) is 6.92 Å². The molecule has 0 aromatic heterocycles. The quantitative estimate of drug-likeness (QED) is 0.798. The van der Waals surface area contributed by atoms with Crippen LogP contribution in [0.25, 0.3) is 0 Å². The van der Waals surface area contributed by atoms with Crippen LogP contribution in [0.4, 0.5) is 18.0 Å². The fourth-order valence-corrected chi connectivity index (χ4v) is 1.41. The van der Waals surface area contributed by atoms with Crippen LogP contribution in [0.2, 0.25) is 0 Å². The lowest BCUT2D eigenvalue weighted by atomic mass is 10.0. The van der Waals surface area contributed by atoms with E-state index in [1.165, 1.54) is 5.32 Å². The number of rotatable bonds is 4. The third-order valence-electron chi connectivity index (χ3n) is 2.93. The maximum absolute atomic E-state index is 12.7. The van der Waals surface area contributed by atoms with E-state index in [9.17, 15) is 22.8 Å². The van der Waals surface area contributed by atoms with Gasteiger partial charge in [0.05, 0.1) is 0 Å². The minimum Gasteiger partial charge on any atom is -0.479 e. The van der Waals surface area contributed by atoms with E-state index in [-0.39, 0.29) is 6.54 Å². The molecule has 0 saturated heterocycles. The summed E-state index contributed by atoms with van der Waals surface area (Å²) in [5, 5.41) is 12.3. The van der Waals surface area contributed by atoms with Gasteiger partial charge >= 0.3 is 18.2 Å². The van der Waals surface area contributed by atoms with Crippen molar-refractivity contribution in [2.75, 3.05) is 0 Å². The van der Waals surface area contributed by atoms with Gasteiger partial charge in [-0.2, -0.15) is 13.2 Å². The lowest BCUT2D eigenvalue weighted by molar-refractivity contribution is -0.203. The molecule has 0 heterocycles. The Kier molecular flexibility index (Phi) is 4.82. The van der Waals surface area contributed by atoms with Crippen LogP contribution in [0.1, 0.15) is 18.1 Å². The van der Waals surface area contributed by atoms with Gasteiger partial charge in [-0.3, -0.25) is 0 Å². The maximum atomic E-state index is 12.7. The molecule has 8 heteroatoms. The molecule has 1 unspecified atom stereocenters. The van der Waals surface area contributed by atoms with Crippen LogP contribution in [-0.4, -0.2) is 28.8 Å². The number of carbonyl (C=O) groups is 2. The zero-order chi connectivity index (χ0) is 16.3. The molecule has 1 rings (SSSR count). The molecule has 1 aromatic carbocycles. The molecular formula is C13H15F3N2O3. The SMILES string of the molecule is Cc1ccc(CNC(=O)NC(C)(C(=O)O)C(F)(F)F)cc1. The Hall–Kier alpha value is -2.25. The molecule has 1 atom stereocenters. The Morgan fingerprint density at radius 1 is 1.19 bits per heavy atom. The van der Waals surface area contributed by atoms with E-state index in [1.54, 1.807) is 24.3 Å². The van der Waals surface area contributed by atoms with E-state index in [2.05, 4.69) is 5.32 Å². The maximum Gasteiger partial charge on any atom is 0.422 e. The molecule has 21 heavy (non-hydrogen) atoms. The van der Waals surface area contributed by atoms with Gasteiger partial charge in [-0.15, -0.1) is 0 Å². The first-order chi connectivity index (χ1) is 9.56. The molecule has 3 N–H and O–H groups in total. The van der Waals surface area contributed by atoms with E-state index >= 15 is 0 Å². The molecule has 0 fully saturated rings. The highest BCUT2D eigenvalue weighted by Gasteiger charge is 2.58. The first kappa shape index (κ1) is 16.8. The van der Waals surface area contributed by atoms with Gasteiger partial charge in [0.1, 0.15) is 0 Å². The Morgan fingerprint density at radius 2 is 1.71 bits per heavy atom. The monoisotopic (exact) mass is 304 g/mol. The van der Waals surface area contributed by atoms with E-state index in [0.29, 0.717) is 12.5 Å². The van der Waals surface area contributed by atoms with Gasteiger partial charge in [-0.1, -0.05) is 29.8 Å². The summed E-state index contributed by atoms with van der Waals surface area (Å²) >= 11 is 0. The second-order valence-corrected chi connectivity index (χ2v) is 4.72. The smallest absolute Gasteiger partial charge is 0.422 e. The van der Waals surface area contributed by atoms with Crippen molar-refractivity contribution in [2.24, 2.45) is 0 Å². The van der Waals surface area contributed by atoms with Crippen molar-refractivity contribution >= 4 is 12.0 Å². The Bertz CT molecular complexity index is 528. The minimum atomic E-state index is -5.11. The average molecular weight is 304 g/mol. The van der Waals surface area contributed by atoms with Crippen LogP contribution in [-0.2, 0) is 11.3 Å². The summed E-state index contributed by atoms with van der Waals surface area (Å²) in [7, 11) is 0. The second-order valence-electron chi connectivity index (χ2n) is 4.72. The van der Waals surface area contributed by atoms with Crippen LogP contribution >= 0.6 is 0 Å². The van der Waals surface area contributed by atoms with Crippen molar-refractivity contribution in [3.63, 3.8) is 0 Å². The van der Waals surface area contributed by atoms with E-state index < -0.39 is 23.7 Å². The number of hydrogen-bond donors (Lipinski definition) is 3. The van der Waals surface area contributed by atoms with Crippen LogP contribution in [0.15, 0.2) is 24.3 Å². The van der Waals surface area contributed by atoms with Crippen molar-refractivity contribution < 1.29 is 27.9 Å². The minimum absolute atomic E-state index is 0.0142. The Labute approximate surface area is 119 Å². The van der Waals surface area contributed by atoms with Crippen LogP contribution < -0.4 is 10.6 Å². The fourth-order valence-electron chi connectivity index (χ4n) is 1.41. The topological polar surface area (TPSA) is 78.4 Å². The normalized spacial score (nSPS) is 14.1. The summed E-state index contributed by atoms with van der Waals surface area (Å²) < 4.78 is 38.1. The lowest BCUT2D eigenvalue weighted by Crippen LogP contribution is -2.63. The lowest BCUT2D eigenvalue weighted by Gasteiger charge is -2.28. The van der Waals surface area contributed by atoms with Gasteiger partial charge in [0.2, 0.25) is 5.54 Å². The number of amides is 2. The standard InChI is InChI=1S/C13H15F3N2O3/c1-8-3-5-9(6-4-8)7-17-11(21)18-12(2,10(19)20)13(14,15)16/h3-6H,7H2,1-2H3,(H,19,20)(H2,17,18,21). The van der Waals surface area contributed by atoms with Gasteiger partial charge in [-0.05, 0) is 19.4 Å². The number of benzene rings is 1. The third-order valence-corrected chi connectivity index (χ3v) is 2.93. The molecule has 5 nitrogen and oxygen atoms in total. The zero-order valence-electron chi connectivity index (χ0n) is 11.4. The van der Waals surface area contributed by atoms with Crippen molar-refractivity contribution in [3.8, 4) is 0 Å². The van der Waals surface area contributed by atoms with Gasteiger partial charge < -0.3 is 15.7 Å². The van der Waals surface area contributed by atoms with Crippen molar-refractivity contribution in [1.82, 2.24) is 10.6 Å². The first-order valence-electron chi connectivity index (χ1n) is 5.98. The number of alkyl halides is 3. The summed E-state index contributed by atoms with van der Waals surface area (Å²) in [6.07, 6.45) is -5.11. The summed E-state index contributed by atoms with van der Waals surface area (Å²) in [5.74, 6) is -2.18. The van der Waals surface area contributed by atoms with E-state index in [0.717, 1.165) is 5.56 Å².